The first-order valence-corrected chi connectivity index (χ1v) is 6.86. The molecule has 0 heterocycles. The molecule has 0 spiro atoms. The van der Waals surface area contributed by atoms with Crippen LogP contribution in [0.1, 0.15) is 31.9 Å². The first-order chi connectivity index (χ1) is 10.5. The minimum atomic E-state index is -1.49. The number of hydrogen-bond donors (Lipinski definition) is 0. The molecule has 0 amide bonds. The van der Waals surface area contributed by atoms with Gasteiger partial charge in [0.05, 0.1) is 19.3 Å². The third-order valence-corrected chi connectivity index (χ3v) is 2.95. The van der Waals surface area contributed by atoms with E-state index in [-0.39, 0.29) is 13.2 Å². The van der Waals surface area contributed by atoms with Gasteiger partial charge in [0.2, 0.25) is 0 Å². The molecule has 114 valence electrons. The van der Waals surface area contributed by atoms with E-state index in [9.17, 15) is 14.9 Å². The zero-order valence-corrected chi connectivity index (χ0v) is 12.8. The van der Waals surface area contributed by atoms with Crippen LogP contribution >= 0.6 is 0 Å². The van der Waals surface area contributed by atoms with Crippen molar-refractivity contribution in [3.8, 4) is 17.9 Å². The Bertz CT molecular complexity index is 663. The van der Waals surface area contributed by atoms with Gasteiger partial charge in [-0.15, -0.1) is 0 Å². The molecule has 22 heavy (non-hydrogen) atoms. The highest BCUT2D eigenvalue weighted by molar-refractivity contribution is 5.90. The number of nitrogens with zero attached hydrogens (tertiary/aromatic N) is 1. The molecule has 1 atom stereocenters. The normalized spacial score (nSPS) is 12.1. The van der Waals surface area contributed by atoms with Crippen LogP contribution in [-0.2, 0) is 24.5 Å². The topological polar surface area (TPSA) is 76.4 Å². The Morgan fingerprint density at radius 2 is 1.82 bits per heavy atom. The van der Waals surface area contributed by atoms with E-state index in [1.165, 1.54) is 6.92 Å². The minimum absolute atomic E-state index is 0.173. The fourth-order valence-corrected chi connectivity index (χ4v) is 1.80. The highest BCUT2D eigenvalue weighted by Gasteiger charge is 2.38. The SMILES string of the molecule is CCOC(=O)C#Cc1ccccc1C(C)(C#N)C(=O)OCC. The van der Waals surface area contributed by atoms with Gasteiger partial charge in [-0.25, -0.2) is 9.59 Å². The Hall–Kier alpha value is -2.79. The van der Waals surface area contributed by atoms with Gasteiger partial charge in [0, 0.05) is 11.5 Å². The molecule has 0 bridgehead atoms. The van der Waals surface area contributed by atoms with Crippen molar-refractivity contribution < 1.29 is 19.1 Å². The molecule has 5 heteroatoms. The summed E-state index contributed by atoms with van der Waals surface area (Å²) in [6.07, 6.45) is 0. The fraction of sp³-hybridized carbons (Fsp3) is 0.353. The fourth-order valence-electron chi connectivity index (χ4n) is 1.80. The zero-order valence-electron chi connectivity index (χ0n) is 12.8. The molecule has 1 rings (SSSR count). The van der Waals surface area contributed by atoms with Crippen LogP contribution in [0.4, 0.5) is 0 Å². The van der Waals surface area contributed by atoms with E-state index in [1.807, 2.05) is 6.07 Å². The number of ether oxygens (including phenoxy) is 2. The number of esters is 2. The van der Waals surface area contributed by atoms with E-state index >= 15 is 0 Å². The Labute approximate surface area is 129 Å². The van der Waals surface area contributed by atoms with Gasteiger partial charge in [-0.3, -0.25) is 0 Å². The van der Waals surface area contributed by atoms with Crippen LogP contribution in [0.3, 0.4) is 0 Å². The van der Waals surface area contributed by atoms with Gasteiger partial charge < -0.3 is 9.47 Å². The Morgan fingerprint density at radius 3 is 2.41 bits per heavy atom. The molecule has 1 aromatic rings. The first-order valence-electron chi connectivity index (χ1n) is 6.86. The molecule has 0 aliphatic rings. The average molecular weight is 299 g/mol. The summed E-state index contributed by atoms with van der Waals surface area (Å²) >= 11 is 0. The Kier molecular flexibility index (Phi) is 6.16. The third kappa shape index (κ3) is 3.86. The molecule has 0 saturated heterocycles. The van der Waals surface area contributed by atoms with Gasteiger partial charge in [-0.2, -0.15) is 5.26 Å². The first kappa shape index (κ1) is 17.3. The maximum absolute atomic E-state index is 12.1. The summed E-state index contributed by atoms with van der Waals surface area (Å²) in [6, 6.07) is 8.63. The standard InChI is InChI=1S/C17H17NO4/c1-4-21-15(19)11-10-13-8-6-7-9-14(13)17(3,12-18)16(20)22-5-2/h6-9H,4-5H2,1-3H3. The van der Waals surface area contributed by atoms with Gasteiger partial charge in [-0.1, -0.05) is 24.1 Å². The molecule has 0 radical (unpaired) electrons. The lowest BCUT2D eigenvalue weighted by Gasteiger charge is -2.21. The minimum Gasteiger partial charge on any atom is -0.465 e. The number of rotatable bonds is 4. The average Bonchev–Trinajstić information content (AvgIpc) is 2.53. The second-order valence-electron chi connectivity index (χ2n) is 4.47. The van der Waals surface area contributed by atoms with Gasteiger partial charge in [-0.05, 0) is 32.4 Å². The van der Waals surface area contributed by atoms with Crippen LogP contribution in [0.5, 0.6) is 0 Å². The summed E-state index contributed by atoms with van der Waals surface area (Å²) in [5.74, 6) is 3.68. The van der Waals surface area contributed by atoms with Crippen LogP contribution in [-0.4, -0.2) is 25.2 Å². The second-order valence-corrected chi connectivity index (χ2v) is 4.47. The summed E-state index contributed by atoms with van der Waals surface area (Å²) in [7, 11) is 0. The van der Waals surface area contributed by atoms with Gasteiger partial charge in [0.25, 0.3) is 0 Å². The summed E-state index contributed by atoms with van der Waals surface area (Å²) in [4.78, 5) is 23.4. The van der Waals surface area contributed by atoms with E-state index < -0.39 is 17.4 Å². The molecule has 0 aliphatic heterocycles. The predicted molar refractivity (Wildman–Crippen MR) is 79.6 cm³/mol. The summed E-state index contributed by atoms with van der Waals surface area (Å²) in [5.41, 5.74) is -0.684. The third-order valence-electron chi connectivity index (χ3n) is 2.95. The van der Waals surface area contributed by atoms with Crippen LogP contribution in [0.2, 0.25) is 0 Å². The Balaban J connectivity index is 3.28. The number of benzene rings is 1. The largest absolute Gasteiger partial charge is 0.465 e. The van der Waals surface area contributed by atoms with Crippen molar-refractivity contribution in [2.24, 2.45) is 0 Å². The Morgan fingerprint density at radius 1 is 1.18 bits per heavy atom. The molecule has 5 nitrogen and oxygen atoms in total. The molecule has 0 N–H and O–H groups in total. The van der Waals surface area contributed by atoms with Crippen molar-refractivity contribution in [1.82, 2.24) is 0 Å². The molecule has 1 aromatic carbocycles. The molecule has 1 unspecified atom stereocenters. The zero-order chi connectivity index (χ0) is 16.6. The number of nitriles is 1. The van der Waals surface area contributed by atoms with Crippen molar-refractivity contribution >= 4 is 11.9 Å². The smallest absolute Gasteiger partial charge is 0.384 e. The highest BCUT2D eigenvalue weighted by atomic mass is 16.5. The van der Waals surface area contributed by atoms with Crippen molar-refractivity contribution in [3.63, 3.8) is 0 Å². The van der Waals surface area contributed by atoms with Crippen molar-refractivity contribution in [2.45, 2.75) is 26.2 Å². The molecule has 0 aromatic heterocycles. The second kappa shape index (κ2) is 7.85. The van der Waals surface area contributed by atoms with Crippen LogP contribution in [0.15, 0.2) is 24.3 Å². The lowest BCUT2D eigenvalue weighted by Crippen LogP contribution is -2.33. The highest BCUT2D eigenvalue weighted by Crippen LogP contribution is 2.27. The van der Waals surface area contributed by atoms with Crippen molar-refractivity contribution in [1.29, 1.82) is 5.26 Å². The molecule has 0 saturated carbocycles. The van der Waals surface area contributed by atoms with E-state index in [4.69, 9.17) is 9.47 Å². The predicted octanol–water partition coefficient (Wildman–Crippen LogP) is 1.95. The van der Waals surface area contributed by atoms with E-state index in [0.29, 0.717) is 11.1 Å². The molecule has 0 fully saturated rings. The summed E-state index contributed by atoms with van der Waals surface area (Å²) in [6.45, 7) is 5.22. The van der Waals surface area contributed by atoms with Crippen molar-refractivity contribution in [3.05, 3.63) is 35.4 Å². The lowest BCUT2D eigenvalue weighted by molar-refractivity contribution is -0.147. The quantitative estimate of drug-likeness (QED) is 0.627. The monoisotopic (exact) mass is 299 g/mol. The molecular formula is C17H17NO4. The maximum atomic E-state index is 12.1. The molecular weight excluding hydrogens is 282 g/mol. The van der Waals surface area contributed by atoms with Gasteiger partial charge in [0.1, 0.15) is 0 Å². The number of hydrogen-bond acceptors (Lipinski definition) is 5. The van der Waals surface area contributed by atoms with Crippen LogP contribution in [0.25, 0.3) is 0 Å². The summed E-state index contributed by atoms with van der Waals surface area (Å²) < 4.78 is 9.70. The van der Waals surface area contributed by atoms with Gasteiger partial charge >= 0.3 is 11.9 Å². The lowest BCUT2D eigenvalue weighted by atomic mass is 9.81. The van der Waals surface area contributed by atoms with E-state index in [1.54, 1.807) is 38.1 Å². The maximum Gasteiger partial charge on any atom is 0.384 e. The van der Waals surface area contributed by atoms with Gasteiger partial charge in [0.15, 0.2) is 5.41 Å². The number of carbonyl (C=O) groups is 2. The summed E-state index contributed by atoms with van der Waals surface area (Å²) in [5, 5.41) is 9.43. The molecule has 0 aliphatic carbocycles. The van der Waals surface area contributed by atoms with E-state index in [0.717, 1.165) is 0 Å². The van der Waals surface area contributed by atoms with Crippen LogP contribution in [0, 0.1) is 23.2 Å². The van der Waals surface area contributed by atoms with Crippen LogP contribution < -0.4 is 0 Å². The van der Waals surface area contributed by atoms with E-state index in [2.05, 4.69) is 11.8 Å². The van der Waals surface area contributed by atoms with Crippen molar-refractivity contribution in [2.75, 3.05) is 13.2 Å². The number of carbonyl (C=O) groups excluding carboxylic acids is 2.